The summed E-state index contributed by atoms with van der Waals surface area (Å²) in [6, 6.07) is 109. The molecule has 412 valence electrons. The summed E-state index contributed by atoms with van der Waals surface area (Å²) >= 11 is 0. The molecule has 0 aliphatic carbocycles. The summed E-state index contributed by atoms with van der Waals surface area (Å²) in [5.74, 6) is 0. The molecule has 0 aliphatic rings. The lowest BCUT2D eigenvalue weighted by atomic mass is 9.94. The highest BCUT2D eigenvalue weighted by molar-refractivity contribution is 6.10. The van der Waals surface area contributed by atoms with Crippen LogP contribution in [-0.4, -0.2) is 9.13 Å². The van der Waals surface area contributed by atoms with E-state index in [1.165, 1.54) is 133 Å². The van der Waals surface area contributed by atoms with Gasteiger partial charge in [-0.15, -0.1) is 0 Å². The summed E-state index contributed by atoms with van der Waals surface area (Å²) in [4.78, 5) is 0. The minimum Gasteiger partial charge on any atom is -0.341 e. The van der Waals surface area contributed by atoms with E-state index in [0.717, 1.165) is 13.1 Å². The van der Waals surface area contributed by atoms with Crippen LogP contribution in [0.5, 0.6) is 0 Å². The fourth-order valence-electron chi connectivity index (χ4n) is 12.0. The molecule has 0 bridgehead atoms. The number of nitrogens with zero attached hydrogens (tertiary/aromatic N) is 2. The van der Waals surface area contributed by atoms with E-state index in [2.05, 4.69) is 363 Å². The van der Waals surface area contributed by atoms with Crippen molar-refractivity contribution in [3.63, 3.8) is 0 Å². The van der Waals surface area contributed by atoms with Gasteiger partial charge >= 0.3 is 0 Å². The number of aryl methyl sites for hydroxylation is 2. The number of hydrogen-bond acceptors (Lipinski definition) is 0. The monoisotopic (exact) mass is 1100 g/mol. The van der Waals surface area contributed by atoms with Gasteiger partial charge in [0.2, 0.25) is 0 Å². The molecule has 86 heavy (non-hydrogen) atoms. The molecular weight excluding hydrogens is 1040 g/mol. The van der Waals surface area contributed by atoms with Gasteiger partial charge in [0.05, 0.1) is 0 Å². The van der Waals surface area contributed by atoms with Crippen molar-refractivity contribution in [2.45, 2.75) is 26.9 Å². The van der Waals surface area contributed by atoms with Crippen LogP contribution in [0.3, 0.4) is 0 Å². The summed E-state index contributed by atoms with van der Waals surface area (Å²) in [5, 5.41) is 5.26. The Morgan fingerprint density at radius 2 is 0.500 bits per heavy atom. The van der Waals surface area contributed by atoms with Crippen LogP contribution in [0.4, 0.5) is 0 Å². The van der Waals surface area contributed by atoms with Crippen molar-refractivity contribution in [3.8, 4) is 22.3 Å². The van der Waals surface area contributed by atoms with E-state index in [4.69, 9.17) is 0 Å². The molecule has 0 radical (unpaired) electrons. The Kier molecular flexibility index (Phi) is 16.1. The quantitative estimate of drug-likeness (QED) is 0.0961. The van der Waals surface area contributed by atoms with Crippen LogP contribution in [0.1, 0.15) is 69.5 Å². The van der Waals surface area contributed by atoms with Gasteiger partial charge < -0.3 is 9.13 Å². The zero-order valence-electron chi connectivity index (χ0n) is 48.6. The van der Waals surface area contributed by atoms with Crippen LogP contribution in [0, 0.1) is 0 Å². The van der Waals surface area contributed by atoms with E-state index >= 15 is 0 Å². The van der Waals surface area contributed by atoms with E-state index in [1.807, 2.05) is 0 Å². The zero-order valence-corrected chi connectivity index (χ0v) is 48.6. The first-order valence-corrected chi connectivity index (χ1v) is 30.0. The average Bonchev–Trinajstić information content (AvgIpc) is 3.51. The van der Waals surface area contributed by atoms with Crippen LogP contribution in [0.2, 0.25) is 0 Å². The van der Waals surface area contributed by atoms with E-state index in [0.29, 0.717) is 0 Å². The van der Waals surface area contributed by atoms with Crippen LogP contribution in [0.25, 0.3) is 113 Å². The van der Waals surface area contributed by atoms with Crippen LogP contribution in [-0.2, 0) is 13.1 Å². The van der Waals surface area contributed by atoms with Gasteiger partial charge in [0, 0.05) is 56.7 Å². The fourth-order valence-corrected chi connectivity index (χ4v) is 12.0. The molecule has 2 nitrogen and oxygen atoms in total. The van der Waals surface area contributed by atoms with E-state index in [9.17, 15) is 0 Å². The van der Waals surface area contributed by atoms with Crippen LogP contribution >= 0.6 is 0 Å². The Morgan fingerprint density at radius 3 is 0.814 bits per heavy atom. The number of fused-ring (bicyclic) bond motifs is 6. The minimum atomic E-state index is 0.966. The third-order valence-corrected chi connectivity index (χ3v) is 16.4. The molecule has 0 unspecified atom stereocenters. The standard InChI is InChI=1S/C44H36N2.C40H30/c1-3-45-41-11-7-5-9-37(41)39-29-33(21-27-43(39)45)15-13-31-17-23-35(24-18-31)36-25-19-32(20-26-36)14-16-34-22-28-44-40(30-34)38-10-6-8-12-42(38)46(44)4-2;1-5-13-35(14-6-1)39(36-15-7-2-8-16-36)29-31-21-25-33(26-22-31)34-27-23-32(24-28-34)30-40(37-17-9-3-10-18-37)38-19-11-4-12-20-38/h5-30H,3-4H2,1-2H3;1-30H. The Morgan fingerprint density at radius 1 is 0.244 bits per heavy atom. The number of benzene rings is 12. The molecule has 2 heterocycles. The number of para-hydroxylation sites is 2. The molecule has 2 aromatic heterocycles. The van der Waals surface area contributed by atoms with Gasteiger partial charge in [0.15, 0.2) is 0 Å². The molecule has 0 atom stereocenters. The molecular formula is C84H66N2. The molecule has 14 aromatic rings. The number of aromatic nitrogens is 2. The van der Waals surface area contributed by atoms with E-state index in [1.54, 1.807) is 0 Å². The molecule has 14 rings (SSSR count). The highest BCUT2D eigenvalue weighted by Crippen LogP contribution is 2.34. The van der Waals surface area contributed by atoms with Gasteiger partial charge in [0.25, 0.3) is 0 Å². The van der Waals surface area contributed by atoms with Crippen molar-refractivity contribution in [2.24, 2.45) is 0 Å². The minimum absolute atomic E-state index is 0.966. The molecule has 0 N–H and O–H groups in total. The maximum absolute atomic E-state index is 2.40. The lowest BCUT2D eigenvalue weighted by molar-refractivity contribution is 0.827. The Balaban J connectivity index is 0.000000161. The summed E-state index contributed by atoms with van der Waals surface area (Å²) in [7, 11) is 0. The lowest BCUT2D eigenvalue weighted by Gasteiger charge is -2.10. The van der Waals surface area contributed by atoms with Crippen molar-refractivity contribution in [3.05, 3.63) is 359 Å². The largest absolute Gasteiger partial charge is 0.341 e. The van der Waals surface area contributed by atoms with Crippen LogP contribution < -0.4 is 0 Å². The SMILES string of the molecule is C(=C(c1ccccc1)c1ccccc1)c1ccc(-c2ccc(C=C(c3ccccc3)c3ccccc3)cc2)cc1.CCn1c2ccccc2c2cc(C=Cc3ccc(-c4ccc(C=Cc5ccc6c(c5)c5ccccc5n6CC)cc4)cc3)ccc21. The summed E-state index contributed by atoms with van der Waals surface area (Å²) in [6.07, 6.45) is 13.4. The van der Waals surface area contributed by atoms with E-state index < -0.39 is 0 Å². The Bertz CT molecular complexity index is 4340. The molecule has 12 aromatic carbocycles. The highest BCUT2D eigenvalue weighted by Gasteiger charge is 2.12. The first-order chi connectivity index (χ1) is 42.5. The van der Waals surface area contributed by atoms with Gasteiger partial charge in [-0.25, -0.2) is 0 Å². The van der Waals surface area contributed by atoms with Gasteiger partial charge in [-0.1, -0.05) is 291 Å². The summed E-state index contributed by atoms with van der Waals surface area (Å²) in [5.41, 5.74) is 24.5. The summed E-state index contributed by atoms with van der Waals surface area (Å²) in [6.45, 7) is 6.36. The number of hydrogen-bond donors (Lipinski definition) is 0. The Hall–Kier alpha value is -10.8. The number of rotatable bonds is 14. The predicted molar refractivity (Wildman–Crippen MR) is 372 cm³/mol. The van der Waals surface area contributed by atoms with Gasteiger partial charge in [-0.2, -0.15) is 0 Å². The van der Waals surface area contributed by atoms with Gasteiger partial charge in [0.1, 0.15) is 0 Å². The molecule has 0 fully saturated rings. The first kappa shape index (κ1) is 54.4. The molecule has 2 heteroatoms. The molecule has 0 spiro atoms. The smallest absolute Gasteiger partial charge is 0.0491 e. The third kappa shape index (κ3) is 11.9. The second kappa shape index (κ2) is 25.4. The highest BCUT2D eigenvalue weighted by atomic mass is 15.0. The van der Waals surface area contributed by atoms with E-state index in [-0.39, 0.29) is 0 Å². The molecule has 0 saturated carbocycles. The lowest BCUT2D eigenvalue weighted by Crippen LogP contribution is -1.92. The van der Waals surface area contributed by atoms with Crippen molar-refractivity contribution in [2.75, 3.05) is 0 Å². The second-order valence-electron chi connectivity index (χ2n) is 21.8. The molecule has 0 aliphatic heterocycles. The van der Waals surface area contributed by atoms with Gasteiger partial charge in [-0.05, 0) is 151 Å². The second-order valence-corrected chi connectivity index (χ2v) is 21.8. The first-order valence-electron chi connectivity index (χ1n) is 30.0. The average molecular weight is 1100 g/mol. The van der Waals surface area contributed by atoms with Crippen molar-refractivity contribution in [1.29, 1.82) is 0 Å². The summed E-state index contributed by atoms with van der Waals surface area (Å²) < 4.78 is 4.79. The maximum atomic E-state index is 2.40. The fraction of sp³-hybridized carbons (Fsp3) is 0.0476. The Labute approximate surface area is 505 Å². The maximum Gasteiger partial charge on any atom is 0.0491 e. The van der Waals surface area contributed by atoms with Gasteiger partial charge in [-0.3, -0.25) is 0 Å². The van der Waals surface area contributed by atoms with Crippen molar-refractivity contribution < 1.29 is 0 Å². The van der Waals surface area contributed by atoms with Crippen molar-refractivity contribution in [1.82, 2.24) is 9.13 Å². The zero-order chi connectivity index (χ0) is 58.0. The molecule has 0 amide bonds. The predicted octanol–water partition coefficient (Wildman–Crippen LogP) is 22.5. The topological polar surface area (TPSA) is 9.86 Å². The molecule has 0 saturated heterocycles. The normalized spacial score (nSPS) is 11.4. The third-order valence-electron chi connectivity index (χ3n) is 16.4. The van der Waals surface area contributed by atoms with Crippen molar-refractivity contribution >= 4 is 91.2 Å². The van der Waals surface area contributed by atoms with Crippen LogP contribution in [0.15, 0.2) is 303 Å².